The Morgan fingerprint density at radius 1 is 1.31 bits per heavy atom. The predicted octanol–water partition coefficient (Wildman–Crippen LogP) is 2.68. The first-order chi connectivity index (χ1) is 7.70. The number of nitrogens with zero attached hydrogens (tertiary/aromatic N) is 2. The molecule has 0 amide bonds. The van der Waals surface area contributed by atoms with Gasteiger partial charge in [0, 0.05) is 11.2 Å². The first kappa shape index (κ1) is 11.5. The predicted molar refractivity (Wildman–Crippen MR) is 66.3 cm³/mol. The molecule has 3 nitrogen and oxygen atoms in total. The van der Waals surface area contributed by atoms with Gasteiger partial charge in [-0.05, 0) is 30.7 Å². The Balaban J connectivity index is 2.34. The van der Waals surface area contributed by atoms with Crippen molar-refractivity contribution in [2.45, 2.75) is 6.42 Å². The minimum atomic E-state index is 0.590. The van der Waals surface area contributed by atoms with Crippen LogP contribution in [0.2, 0.25) is 10.0 Å². The highest BCUT2D eigenvalue weighted by Crippen LogP contribution is 2.21. The van der Waals surface area contributed by atoms with E-state index in [0.717, 1.165) is 17.7 Å². The topological polar surface area (TPSA) is 43.8 Å². The number of aromatic nitrogens is 2. The Morgan fingerprint density at radius 3 is 2.69 bits per heavy atom. The van der Waals surface area contributed by atoms with E-state index in [1.807, 2.05) is 18.2 Å². The maximum absolute atomic E-state index is 6.14. The fraction of sp³-hybridized carbons (Fsp3) is 0.182. The van der Waals surface area contributed by atoms with Crippen LogP contribution in [-0.2, 0) is 6.42 Å². The van der Waals surface area contributed by atoms with Gasteiger partial charge >= 0.3 is 0 Å². The Hall–Kier alpha value is -1.03. The number of nitrogens with two attached hydrogens (primary N) is 1. The molecule has 0 fully saturated rings. The van der Waals surface area contributed by atoms with Gasteiger partial charge in [-0.2, -0.15) is 5.10 Å². The molecule has 0 aliphatic carbocycles. The first-order valence-electron chi connectivity index (χ1n) is 4.90. The van der Waals surface area contributed by atoms with Gasteiger partial charge in [0.2, 0.25) is 0 Å². The Kier molecular flexibility index (Phi) is 3.49. The van der Waals surface area contributed by atoms with Crippen molar-refractivity contribution in [2.75, 3.05) is 6.54 Å². The molecule has 0 aliphatic heterocycles. The smallest absolute Gasteiger partial charge is 0.0790 e. The zero-order valence-corrected chi connectivity index (χ0v) is 10.0. The standard InChI is InChI=1S/C11H11Cl2N3/c12-9-6-15-16(7-9)10-2-1-8(3-4-14)11(13)5-10/h1-2,5-7H,3-4,14H2. The van der Waals surface area contributed by atoms with Crippen LogP contribution < -0.4 is 5.73 Å². The molecule has 16 heavy (non-hydrogen) atoms. The van der Waals surface area contributed by atoms with Gasteiger partial charge in [-0.3, -0.25) is 0 Å². The van der Waals surface area contributed by atoms with Gasteiger partial charge in [0.05, 0.1) is 16.9 Å². The van der Waals surface area contributed by atoms with Crippen LogP contribution in [0.15, 0.2) is 30.6 Å². The highest BCUT2D eigenvalue weighted by atomic mass is 35.5. The van der Waals surface area contributed by atoms with E-state index < -0.39 is 0 Å². The maximum Gasteiger partial charge on any atom is 0.0790 e. The summed E-state index contributed by atoms with van der Waals surface area (Å²) in [6.45, 7) is 0.590. The minimum Gasteiger partial charge on any atom is -0.330 e. The SMILES string of the molecule is NCCc1ccc(-n2cc(Cl)cn2)cc1Cl. The van der Waals surface area contributed by atoms with Crippen LogP contribution in [0.5, 0.6) is 0 Å². The summed E-state index contributed by atoms with van der Waals surface area (Å²) in [6.07, 6.45) is 4.10. The first-order valence-corrected chi connectivity index (χ1v) is 5.65. The van der Waals surface area contributed by atoms with Crippen LogP contribution >= 0.6 is 23.2 Å². The van der Waals surface area contributed by atoms with Crippen molar-refractivity contribution in [2.24, 2.45) is 5.73 Å². The summed E-state index contributed by atoms with van der Waals surface area (Å²) in [5, 5.41) is 5.41. The van der Waals surface area contributed by atoms with Crippen molar-refractivity contribution < 1.29 is 0 Å². The van der Waals surface area contributed by atoms with Crippen LogP contribution in [-0.4, -0.2) is 16.3 Å². The second kappa shape index (κ2) is 4.87. The highest BCUT2D eigenvalue weighted by molar-refractivity contribution is 6.31. The largest absolute Gasteiger partial charge is 0.330 e. The Morgan fingerprint density at radius 2 is 2.12 bits per heavy atom. The zero-order chi connectivity index (χ0) is 11.5. The Labute approximate surface area is 104 Å². The number of hydrogen-bond donors (Lipinski definition) is 1. The second-order valence-electron chi connectivity index (χ2n) is 3.42. The molecule has 0 atom stereocenters. The summed E-state index contributed by atoms with van der Waals surface area (Å²) in [7, 11) is 0. The molecule has 0 spiro atoms. The van der Waals surface area contributed by atoms with Crippen molar-refractivity contribution >= 4 is 23.2 Å². The molecule has 1 aromatic heterocycles. The lowest BCUT2D eigenvalue weighted by Crippen LogP contribution is -2.03. The van der Waals surface area contributed by atoms with Crippen LogP contribution in [0.3, 0.4) is 0 Å². The van der Waals surface area contributed by atoms with E-state index in [1.54, 1.807) is 17.1 Å². The molecule has 0 saturated carbocycles. The monoisotopic (exact) mass is 255 g/mol. The third kappa shape index (κ3) is 2.38. The van der Waals surface area contributed by atoms with Crippen molar-refractivity contribution in [3.05, 3.63) is 46.2 Å². The van der Waals surface area contributed by atoms with Crippen LogP contribution in [0.25, 0.3) is 5.69 Å². The number of benzene rings is 1. The molecule has 2 N–H and O–H groups in total. The van der Waals surface area contributed by atoms with Gasteiger partial charge in [0.25, 0.3) is 0 Å². The minimum absolute atomic E-state index is 0.590. The molecule has 1 heterocycles. The van der Waals surface area contributed by atoms with Crippen molar-refractivity contribution in [3.8, 4) is 5.69 Å². The average Bonchev–Trinajstić information content (AvgIpc) is 2.68. The van der Waals surface area contributed by atoms with Gasteiger partial charge in [-0.1, -0.05) is 29.3 Å². The highest BCUT2D eigenvalue weighted by Gasteiger charge is 2.04. The van der Waals surface area contributed by atoms with Gasteiger partial charge in [-0.15, -0.1) is 0 Å². The van der Waals surface area contributed by atoms with Crippen LogP contribution in [0.1, 0.15) is 5.56 Å². The molecule has 2 aromatic rings. The quantitative estimate of drug-likeness (QED) is 0.917. The molecular weight excluding hydrogens is 245 g/mol. The van der Waals surface area contributed by atoms with E-state index in [9.17, 15) is 0 Å². The normalized spacial score (nSPS) is 10.7. The van der Waals surface area contributed by atoms with E-state index in [-0.39, 0.29) is 0 Å². The molecule has 5 heteroatoms. The molecule has 0 radical (unpaired) electrons. The average molecular weight is 256 g/mol. The van der Waals surface area contributed by atoms with E-state index in [0.29, 0.717) is 16.6 Å². The van der Waals surface area contributed by atoms with Gasteiger partial charge < -0.3 is 5.73 Å². The summed E-state index contributed by atoms with van der Waals surface area (Å²) < 4.78 is 1.68. The summed E-state index contributed by atoms with van der Waals surface area (Å²) in [5.41, 5.74) is 7.42. The fourth-order valence-corrected chi connectivity index (χ4v) is 1.88. The van der Waals surface area contributed by atoms with Crippen molar-refractivity contribution in [1.29, 1.82) is 0 Å². The van der Waals surface area contributed by atoms with Crippen molar-refractivity contribution in [1.82, 2.24) is 9.78 Å². The summed E-state index contributed by atoms with van der Waals surface area (Å²) in [5.74, 6) is 0. The lowest BCUT2D eigenvalue weighted by Gasteiger charge is -2.06. The molecule has 2 rings (SSSR count). The molecule has 1 aromatic carbocycles. The lowest BCUT2D eigenvalue weighted by atomic mass is 10.1. The van der Waals surface area contributed by atoms with E-state index >= 15 is 0 Å². The molecule has 0 unspecified atom stereocenters. The summed E-state index contributed by atoms with van der Waals surface area (Å²) in [6, 6.07) is 5.76. The summed E-state index contributed by atoms with van der Waals surface area (Å²) >= 11 is 11.9. The van der Waals surface area contributed by atoms with E-state index in [4.69, 9.17) is 28.9 Å². The zero-order valence-electron chi connectivity index (χ0n) is 8.53. The maximum atomic E-state index is 6.14. The molecular formula is C11H11Cl2N3. The van der Waals surface area contributed by atoms with Crippen LogP contribution in [0.4, 0.5) is 0 Å². The van der Waals surface area contributed by atoms with Crippen molar-refractivity contribution in [3.63, 3.8) is 0 Å². The molecule has 84 valence electrons. The third-order valence-electron chi connectivity index (χ3n) is 2.27. The number of rotatable bonds is 3. The lowest BCUT2D eigenvalue weighted by molar-refractivity contribution is 0.877. The molecule has 0 aliphatic rings. The van der Waals surface area contributed by atoms with Gasteiger partial charge in [0.15, 0.2) is 0 Å². The van der Waals surface area contributed by atoms with Gasteiger partial charge in [-0.25, -0.2) is 4.68 Å². The molecule has 0 saturated heterocycles. The number of hydrogen-bond acceptors (Lipinski definition) is 2. The van der Waals surface area contributed by atoms with Crippen LogP contribution in [0, 0.1) is 0 Å². The second-order valence-corrected chi connectivity index (χ2v) is 4.26. The molecule has 0 bridgehead atoms. The van der Waals surface area contributed by atoms with E-state index in [2.05, 4.69) is 5.10 Å². The van der Waals surface area contributed by atoms with Gasteiger partial charge in [0.1, 0.15) is 0 Å². The Bertz CT molecular complexity index is 494. The fourth-order valence-electron chi connectivity index (χ4n) is 1.48. The summed E-state index contributed by atoms with van der Waals surface area (Å²) in [4.78, 5) is 0. The number of halogens is 2. The van der Waals surface area contributed by atoms with E-state index in [1.165, 1.54) is 0 Å². The third-order valence-corrected chi connectivity index (χ3v) is 2.81.